The molecule has 2 aliphatic rings. The zero-order valence-electron chi connectivity index (χ0n) is 17.0. The third-order valence-electron chi connectivity index (χ3n) is 6.04. The molecule has 1 saturated heterocycles. The minimum Gasteiger partial charge on any atom is -0.508 e. The second kappa shape index (κ2) is 6.97. The summed E-state index contributed by atoms with van der Waals surface area (Å²) in [6.07, 6.45) is 1.21. The van der Waals surface area contributed by atoms with Crippen LogP contribution in [0.25, 0.3) is 0 Å². The predicted octanol–water partition coefficient (Wildman–Crippen LogP) is 3.35. The van der Waals surface area contributed by atoms with Crippen LogP contribution in [0.2, 0.25) is 0 Å². The Bertz CT molecular complexity index is 1030. The molecule has 4 rings (SSSR count). The van der Waals surface area contributed by atoms with Gasteiger partial charge in [-0.25, -0.2) is 0 Å². The molecule has 0 bridgehead atoms. The van der Waals surface area contributed by atoms with Crippen molar-refractivity contribution in [2.75, 3.05) is 14.1 Å². The molecule has 0 aromatic heterocycles. The van der Waals surface area contributed by atoms with E-state index in [9.17, 15) is 19.8 Å². The average Bonchev–Trinajstić information content (AvgIpc) is 2.64. The first-order chi connectivity index (χ1) is 13.7. The SMILES string of the molecule is Cc1cc(O)cc2c1C(=O)c1ccc(C3CC(N(C)C)CC(C)O3)c(O)c1C2=O. The molecule has 3 unspecified atom stereocenters. The Morgan fingerprint density at radius 1 is 1.00 bits per heavy atom. The normalized spacial score (nSPS) is 23.8. The summed E-state index contributed by atoms with van der Waals surface area (Å²) in [5, 5.41) is 20.9. The van der Waals surface area contributed by atoms with Gasteiger partial charge in [0.2, 0.25) is 0 Å². The fourth-order valence-electron chi connectivity index (χ4n) is 4.54. The third-order valence-corrected chi connectivity index (χ3v) is 6.04. The molecule has 1 fully saturated rings. The second-order valence-corrected chi connectivity index (χ2v) is 8.29. The zero-order valence-corrected chi connectivity index (χ0v) is 17.0. The van der Waals surface area contributed by atoms with E-state index in [0.29, 0.717) is 17.5 Å². The number of fused-ring (bicyclic) bond motifs is 2. The molecular formula is C23H25NO5. The molecule has 2 N–H and O–H groups in total. The van der Waals surface area contributed by atoms with E-state index in [1.54, 1.807) is 19.1 Å². The standard InChI is InChI=1S/C23H25NO5/c1-11-7-14(25)10-17-19(11)22(27)16-6-5-15(21(26)20(16)23(17)28)18-9-13(24(3)4)8-12(2)29-18/h5-7,10,12-13,18,25-26H,8-9H2,1-4H3. The van der Waals surface area contributed by atoms with Gasteiger partial charge < -0.3 is 19.8 Å². The van der Waals surface area contributed by atoms with Gasteiger partial charge in [0.25, 0.3) is 0 Å². The van der Waals surface area contributed by atoms with Crippen molar-refractivity contribution in [2.24, 2.45) is 0 Å². The number of rotatable bonds is 2. The third kappa shape index (κ3) is 3.12. The van der Waals surface area contributed by atoms with Crippen LogP contribution in [0.4, 0.5) is 0 Å². The molecule has 29 heavy (non-hydrogen) atoms. The summed E-state index contributed by atoms with van der Waals surface area (Å²) in [5.74, 6) is -1.07. The van der Waals surface area contributed by atoms with Crippen LogP contribution in [0.1, 0.15) is 68.8 Å². The number of hydrogen-bond donors (Lipinski definition) is 2. The van der Waals surface area contributed by atoms with Gasteiger partial charge in [-0.15, -0.1) is 0 Å². The predicted molar refractivity (Wildman–Crippen MR) is 108 cm³/mol. The van der Waals surface area contributed by atoms with Crippen molar-refractivity contribution >= 4 is 11.6 Å². The number of carbonyl (C=O) groups excluding carboxylic acids is 2. The summed E-state index contributed by atoms with van der Waals surface area (Å²) in [7, 11) is 4.03. The van der Waals surface area contributed by atoms with Gasteiger partial charge in [0.1, 0.15) is 11.5 Å². The Labute approximate surface area is 169 Å². The van der Waals surface area contributed by atoms with Gasteiger partial charge in [-0.3, -0.25) is 9.59 Å². The van der Waals surface area contributed by atoms with E-state index >= 15 is 0 Å². The van der Waals surface area contributed by atoms with Crippen LogP contribution in [-0.2, 0) is 4.74 Å². The van der Waals surface area contributed by atoms with Gasteiger partial charge in [0, 0.05) is 28.3 Å². The fraction of sp³-hybridized carbons (Fsp3) is 0.391. The van der Waals surface area contributed by atoms with Crippen molar-refractivity contribution in [1.82, 2.24) is 4.90 Å². The van der Waals surface area contributed by atoms with Crippen LogP contribution in [-0.4, -0.2) is 52.9 Å². The van der Waals surface area contributed by atoms with Gasteiger partial charge in [-0.05, 0) is 64.5 Å². The van der Waals surface area contributed by atoms with E-state index in [4.69, 9.17) is 4.74 Å². The highest BCUT2D eigenvalue weighted by atomic mass is 16.5. The highest BCUT2D eigenvalue weighted by Gasteiger charge is 2.37. The lowest BCUT2D eigenvalue weighted by Gasteiger charge is -2.38. The van der Waals surface area contributed by atoms with Crippen molar-refractivity contribution in [3.63, 3.8) is 0 Å². The van der Waals surface area contributed by atoms with Crippen LogP contribution in [0.3, 0.4) is 0 Å². The first-order valence-electron chi connectivity index (χ1n) is 9.79. The van der Waals surface area contributed by atoms with Gasteiger partial charge in [-0.2, -0.15) is 0 Å². The van der Waals surface area contributed by atoms with Gasteiger partial charge in [0.05, 0.1) is 17.8 Å². The first-order valence-corrected chi connectivity index (χ1v) is 9.79. The molecule has 1 aliphatic carbocycles. The maximum atomic E-state index is 13.2. The van der Waals surface area contributed by atoms with Gasteiger partial charge in [-0.1, -0.05) is 6.07 Å². The van der Waals surface area contributed by atoms with Crippen molar-refractivity contribution in [1.29, 1.82) is 0 Å². The van der Waals surface area contributed by atoms with E-state index in [1.165, 1.54) is 12.1 Å². The number of ether oxygens (including phenoxy) is 1. The quantitative estimate of drug-likeness (QED) is 0.692. The Kier molecular flexibility index (Phi) is 4.71. The molecule has 1 aliphatic heterocycles. The Morgan fingerprint density at radius 3 is 2.38 bits per heavy atom. The van der Waals surface area contributed by atoms with Crippen LogP contribution in [0.15, 0.2) is 24.3 Å². The maximum absolute atomic E-state index is 13.2. The molecule has 0 saturated carbocycles. The van der Waals surface area contributed by atoms with E-state index in [1.807, 2.05) is 21.0 Å². The molecular weight excluding hydrogens is 370 g/mol. The summed E-state index contributed by atoms with van der Waals surface area (Å²) < 4.78 is 6.07. The number of hydrogen-bond acceptors (Lipinski definition) is 6. The minimum absolute atomic E-state index is 0.00627. The highest BCUT2D eigenvalue weighted by molar-refractivity contribution is 6.30. The topological polar surface area (TPSA) is 87.1 Å². The summed E-state index contributed by atoms with van der Waals surface area (Å²) in [6, 6.07) is 6.33. The average molecular weight is 395 g/mol. The molecule has 3 atom stereocenters. The molecule has 0 amide bonds. The maximum Gasteiger partial charge on any atom is 0.198 e. The number of carbonyl (C=O) groups is 2. The first kappa shape index (κ1) is 19.6. The number of nitrogens with zero attached hydrogens (tertiary/aromatic N) is 1. The lowest BCUT2D eigenvalue weighted by Crippen LogP contribution is -2.38. The largest absolute Gasteiger partial charge is 0.508 e. The number of benzene rings is 2. The van der Waals surface area contributed by atoms with Gasteiger partial charge in [0.15, 0.2) is 11.6 Å². The van der Waals surface area contributed by atoms with E-state index in [-0.39, 0.29) is 57.8 Å². The van der Waals surface area contributed by atoms with E-state index in [2.05, 4.69) is 4.90 Å². The van der Waals surface area contributed by atoms with Gasteiger partial charge >= 0.3 is 0 Å². The summed E-state index contributed by atoms with van der Waals surface area (Å²) >= 11 is 0. The second-order valence-electron chi connectivity index (χ2n) is 8.29. The molecule has 152 valence electrons. The number of aromatic hydroxyl groups is 2. The smallest absolute Gasteiger partial charge is 0.198 e. The molecule has 0 spiro atoms. The van der Waals surface area contributed by atoms with Crippen LogP contribution >= 0.6 is 0 Å². The summed E-state index contributed by atoms with van der Waals surface area (Å²) in [4.78, 5) is 28.4. The van der Waals surface area contributed by atoms with Crippen molar-refractivity contribution in [3.8, 4) is 11.5 Å². The van der Waals surface area contributed by atoms with Crippen molar-refractivity contribution in [2.45, 2.75) is 44.9 Å². The monoisotopic (exact) mass is 395 g/mol. The molecule has 6 nitrogen and oxygen atoms in total. The molecule has 2 aromatic carbocycles. The van der Waals surface area contributed by atoms with Crippen LogP contribution < -0.4 is 0 Å². The van der Waals surface area contributed by atoms with E-state index in [0.717, 1.165) is 6.42 Å². The molecule has 2 aromatic rings. The Hall–Kier alpha value is -2.70. The summed E-state index contributed by atoms with van der Waals surface area (Å²) in [6.45, 7) is 3.68. The zero-order chi connectivity index (χ0) is 21.0. The summed E-state index contributed by atoms with van der Waals surface area (Å²) in [5.41, 5.74) is 1.63. The molecule has 6 heteroatoms. The van der Waals surface area contributed by atoms with Crippen LogP contribution in [0.5, 0.6) is 11.5 Å². The Morgan fingerprint density at radius 2 is 1.69 bits per heavy atom. The lowest BCUT2D eigenvalue weighted by molar-refractivity contribution is -0.0698. The number of phenols is 2. The number of ketones is 2. The molecule has 1 heterocycles. The molecule has 0 radical (unpaired) electrons. The van der Waals surface area contributed by atoms with Crippen molar-refractivity contribution < 1.29 is 24.5 Å². The fourth-order valence-corrected chi connectivity index (χ4v) is 4.54. The number of phenolic OH excluding ortho intramolecular Hbond substituents is 2. The minimum atomic E-state index is -0.457. The number of aryl methyl sites for hydroxylation is 1. The van der Waals surface area contributed by atoms with Crippen LogP contribution in [0, 0.1) is 6.92 Å². The van der Waals surface area contributed by atoms with Crippen molar-refractivity contribution in [3.05, 3.63) is 57.6 Å². The Balaban J connectivity index is 1.81. The lowest BCUT2D eigenvalue weighted by atomic mass is 9.80. The van der Waals surface area contributed by atoms with E-state index < -0.39 is 5.78 Å². The highest BCUT2D eigenvalue weighted by Crippen LogP contribution is 2.42.